The second kappa shape index (κ2) is 8.46. The van der Waals surface area contributed by atoms with Gasteiger partial charge in [0.2, 0.25) is 0 Å². The van der Waals surface area contributed by atoms with Crippen molar-refractivity contribution in [3.63, 3.8) is 0 Å². The molecule has 1 amide bonds. The van der Waals surface area contributed by atoms with Gasteiger partial charge in [-0.25, -0.2) is 4.79 Å². The van der Waals surface area contributed by atoms with Gasteiger partial charge in [-0.1, -0.05) is 42.5 Å². The van der Waals surface area contributed by atoms with Gasteiger partial charge < -0.3 is 15.0 Å². The van der Waals surface area contributed by atoms with Crippen molar-refractivity contribution in [3.05, 3.63) is 89.6 Å². The molecule has 0 saturated heterocycles. The van der Waals surface area contributed by atoms with Gasteiger partial charge in [-0.2, -0.15) is 13.2 Å². The maximum atomic E-state index is 13.8. The summed E-state index contributed by atoms with van der Waals surface area (Å²) in [5.74, 6) is -2.00. The van der Waals surface area contributed by atoms with Gasteiger partial charge in [0.1, 0.15) is 5.69 Å². The van der Waals surface area contributed by atoms with Crippen LogP contribution in [-0.2, 0) is 12.7 Å². The Morgan fingerprint density at radius 3 is 2.33 bits per heavy atom. The lowest BCUT2D eigenvalue weighted by Gasteiger charge is -2.17. The highest BCUT2D eigenvalue weighted by atomic mass is 19.4. The highest BCUT2D eigenvalue weighted by molar-refractivity contribution is 6.10. The van der Waals surface area contributed by atoms with Crippen molar-refractivity contribution in [1.29, 1.82) is 0 Å². The lowest BCUT2D eigenvalue weighted by molar-refractivity contribution is -0.137. The molecule has 5 nitrogen and oxygen atoms in total. The van der Waals surface area contributed by atoms with Crippen LogP contribution in [0.25, 0.3) is 22.0 Å². The van der Waals surface area contributed by atoms with Gasteiger partial charge in [-0.3, -0.25) is 4.79 Å². The van der Waals surface area contributed by atoms with Crippen molar-refractivity contribution >= 4 is 28.5 Å². The Labute approximate surface area is 187 Å². The number of benzene rings is 3. The number of halogens is 3. The molecule has 0 radical (unpaired) electrons. The van der Waals surface area contributed by atoms with Gasteiger partial charge in [0.05, 0.1) is 11.1 Å². The third kappa shape index (κ3) is 4.19. The minimum atomic E-state index is -4.73. The van der Waals surface area contributed by atoms with Crippen LogP contribution in [0.5, 0.6) is 0 Å². The number of aromatic nitrogens is 1. The van der Waals surface area contributed by atoms with Crippen LogP contribution in [-0.4, -0.2) is 21.6 Å². The van der Waals surface area contributed by atoms with Crippen molar-refractivity contribution < 1.29 is 27.9 Å². The number of amides is 1. The normalized spacial score (nSPS) is 11.5. The number of rotatable bonds is 5. The van der Waals surface area contributed by atoms with Crippen LogP contribution in [0.15, 0.2) is 72.8 Å². The Hall–Kier alpha value is -4.07. The molecule has 0 aliphatic rings. The fourth-order valence-electron chi connectivity index (χ4n) is 3.95. The molecule has 2 N–H and O–H groups in total. The van der Waals surface area contributed by atoms with Gasteiger partial charge in [0.25, 0.3) is 5.91 Å². The average molecular weight is 452 g/mol. The number of aromatic carboxylic acids is 1. The van der Waals surface area contributed by atoms with Crippen LogP contribution in [0, 0.1) is 0 Å². The number of carboxylic acid groups (broad SMARTS) is 1. The van der Waals surface area contributed by atoms with E-state index >= 15 is 0 Å². The number of carboxylic acids is 1. The number of fused-ring (bicyclic) bond motifs is 1. The lowest BCUT2D eigenvalue weighted by Crippen LogP contribution is -2.20. The lowest BCUT2D eigenvalue weighted by atomic mass is 9.94. The molecule has 3 aromatic carbocycles. The Balaban J connectivity index is 1.79. The first-order valence-corrected chi connectivity index (χ1v) is 10.1. The maximum Gasteiger partial charge on any atom is 0.417 e. The number of hydrogen-bond acceptors (Lipinski definition) is 2. The zero-order valence-electron chi connectivity index (χ0n) is 17.5. The van der Waals surface area contributed by atoms with Crippen molar-refractivity contribution in [3.8, 4) is 11.1 Å². The molecule has 33 heavy (non-hydrogen) atoms. The third-order valence-electron chi connectivity index (χ3n) is 5.38. The summed E-state index contributed by atoms with van der Waals surface area (Å²) in [7, 11) is 0. The van der Waals surface area contributed by atoms with Crippen LogP contribution < -0.4 is 5.32 Å². The number of aryl methyl sites for hydroxylation is 1. The molecule has 1 aromatic heterocycles. The molecule has 168 valence electrons. The van der Waals surface area contributed by atoms with Crippen LogP contribution in [0.3, 0.4) is 0 Å². The molecule has 0 aliphatic heterocycles. The predicted octanol–water partition coefficient (Wildman–Crippen LogP) is 6.30. The zero-order chi connectivity index (χ0) is 23.8. The summed E-state index contributed by atoms with van der Waals surface area (Å²) < 4.78 is 42.9. The average Bonchev–Trinajstić information content (AvgIpc) is 3.16. The van der Waals surface area contributed by atoms with E-state index in [1.54, 1.807) is 54.0 Å². The second-order valence-electron chi connectivity index (χ2n) is 7.40. The van der Waals surface area contributed by atoms with Crippen molar-refractivity contribution in [2.24, 2.45) is 0 Å². The smallest absolute Gasteiger partial charge is 0.417 e. The molecule has 4 aromatic rings. The Morgan fingerprint density at radius 1 is 0.970 bits per heavy atom. The number of carbonyl (C=O) groups is 2. The molecule has 1 heterocycles. The topological polar surface area (TPSA) is 71.3 Å². The molecule has 0 spiro atoms. The number of nitrogens with zero attached hydrogens (tertiary/aromatic N) is 1. The first-order valence-electron chi connectivity index (χ1n) is 10.1. The SMILES string of the molecule is CCn1c(C(=O)O)cc2cc(NC(=O)c3c(-c4ccccc4)cccc3C(F)(F)F)ccc21. The van der Waals surface area contributed by atoms with E-state index in [-0.39, 0.29) is 16.9 Å². The van der Waals surface area contributed by atoms with E-state index in [1.807, 2.05) is 0 Å². The number of hydrogen-bond donors (Lipinski definition) is 2. The molecular weight excluding hydrogens is 433 g/mol. The maximum absolute atomic E-state index is 13.8. The predicted molar refractivity (Wildman–Crippen MR) is 119 cm³/mol. The number of nitrogens with one attached hydrogen (secondary N) is 1. The minimum absolute atomic E-state index is 0.0877. The molecule has 0 fully saturated rings. The molecule has 0 atom stereocenters. The van der Waals surface area contributed by atoms with E-state index in [9.17, 15) is 27.9 Å². The van der Waals surface area contributed by atoms with Crippen molar-refractivity contribution in [1.82, 2.24) is 4.57 Å². The largest absolute Gasteiger partial charge is 0.477 e. The highest BCUT2D eigenvalue weighted by Crippen LogP contribution is 2.37. The first-order chi connectivity index (χ1) is 15.7. The number of anilines is 1. The second-order valence-corrected chi connectivity index (χ2v) is 7.40. The Kier molecular flexibility index (Phi) is 5.68. The molecular formula is C25H19F3N2O3. The van der Waals surface area contributed by atoms with Crippen LogP contribution >= 0.6 is 0 Å². The molecule has 0 saturated carbocycles. The van der Waals surface area contributed by atoms with E-state index in [0.717, 1.165) is 6.07 Å². The minimum Gasteiger partial charge on any atom is -0.477 e. The van der Waals surface area contributed by atoms with Crippen LogP contribution in [0.4, 0.5) is 18.9 Å². The fraction of sp³-hybridized carbons (Fsp3) is 0.120. The summed E-state index contributed by atoms with van der Waals surface area (Å²) in [5.41, 5.74) is 0.123. The fourth-order valence-corrected chi connectivity index (χ4v) is 3.95. The summed E-state index contributed by atoms with van der Waals surface area (Å²) in [6, 6.07) is 18.2. The standard InChI is InChI=1S/C25H19F3N2O3/c1-2-30-20-12-11-17(13-16(20)14-21(30)24(32)33)29-23(31)22-18(15-7-4-3-5-8-15)9-6-10-19(22)25(26,27)28/h3-14H,2H2,1H3,(H,29,31)(H,32,33). The summed E-state index contributed by atoms with van der Waals surface area (Å²) in [6.07, 6.45) is -4.73. The van der Waals surface area contributed by atoms with E-state index in [0.29, 0.717) is 23.0 Å². The zero-order valence-corrected chi connectivity index (χ0v) is 17.5. The molecule has 8 heteroatoms. The van der Waals surface area contributed by atoms with Gasteiger partial charge in [0.15, 0.2) is 0 Å². The van der Waals surface area contributed by atoms with E-state index in [1.165, 1.54) is 24.3 Å². The summed E-state index contributed by atoms with van der Waals surface area (Å²) >= 11 is 0. The molecule has 0 bridgehead atoms. The van der Waals surface area contributed by atoms with Crippen molar-refractivity contribution in [2.45, 2.75) is 19.6 Å². The molecule has 4 rings (SSSR count). The highest BCUT2D eigenvalue weighted by Gasteiger charge is 2.36. The van der Waals surface area contributed by atoms with Gasteiger partial charge in [-0.05, 0) is 48.4 Å². The van der Waals surface area contributed by atoms with Gasteiger partial charge in [0, 0.05) is 23.1 Å². The monoisotopic (exact) mass is 452 g/mol. The van der Waals surface area contributed by atoms with Gasteiger partial charge >= 0.3 is 12.1 Å². The number of carbonyl (C=O) groups excluding carboxylic acids is 1. The quantitative estimate of drug-likeness (QED) is 0.373. The summed E-state index contributed by atoms with van der Waals surface area (Å²) in [5, 5.41) is 12.5. The Morgan fingerprint density at radius 2 is 1.70 bits per heavy atom. The van der Waals surface area contributed by atoms with E-state index < -0.39 is 29.2 Å². The Bertz CT molecular complexity index is 1360. The first kappa shape index (κ1) is 22.1. The van der Waals surface area contributed by atoms with Crippen molar-refractivity contribution in [2.75, 3.05) is 5.32 Å². The molecule has 0 unspecified atom stereocenters. The summed E-state index contributed by atoms with van der Waals surface area (Å²) in [4.78, 5) is 24.6. The third-order valence-corrected chi connectivity index (χ3v) is 5.38. The van der Waals surface area contributed by atoms with E-state index in [4.69, 9.17) is 0 Å². The van der Waals surface area contributed by atoms with E-state index in [2.05, 4.69) is 5.32 Å². The van der Waals surface area contributed by atoms with Crippen LogP contribution in [0.2, 0.25) is 0 Å². The number of alkyl halides is 3. The van der Waals surface area contributed by atoms with Crippen LogP contribution in [0.1, 0.15) is 33.3 Å². The molecule has 0 aliphatic carbocycles. The summed E-state index contributed by atoms with van der Waals surface area (Å²) in [6.45, 7) is 2.23. The van der Waals surface area contributed by atoms with Gasteiger partial charge in [-0.15, -0.1) is 0 Å².